The Balaban J connectivity index is 1.63. The molecule has 0 atom stereocenters. The molecule has 1 aliphatic heterocycles. The van der Waals surface area contributed by atoms with Gasteiger partial charge in [0.25, 0.3) is 11.1 Å². The van der Waals surface area contributed by atoms with E-state index >= 15 is 0 Å². The number of imide groups is 1. The maximum Gasteiger partial charge on any atom is 0.293 e. The van der Waals surface area contributed by atoms with E-state index in [2.05, 4.69) is 6.92 Å². The first-order valence-electron chi connectivity index (χ1n) is 10.1. The van der Waals surface area contributed by atoms with E-state index in [0.717, 1.165) is 45.8 Å². The fraction of sp³-hybridized carbons (Fsp3) is 0.200. The number of rotatable bonds is 7. The van der Waals surface area contributed by atoms with Crippen molar-refractivity contribution >= 4 is 39.8 Å². The number of hydrogen-bond acceptors (Lipinski definition) is 4. The largest absolute Gasteiger partial charge is 0.493 e. The van der Waals surface area contributed by atoms with Gasteiger partial charge in [0, 0.05) is 12.1 Å². The van der Waals surface area contributed by atoms with Crippen LogP contribution in [0.1, 0.15) is 24.5 Å². The normalized spacial score (nSPS) is 15.4. The van der Waals surface area contributed by atoms with Gasteiger partial charge in [-0.2, -0.15) is 0 Å². The first-order chi connectivity index (χ1) is 14.7. The average molecular weight is 418 g/mol. The van der Waals surface area contributed by atoms with E-state index in [1.54, 1.807) is 6.08 Å². The summed E-state index contributed by atoms with van der Waals surface area (Å²) in [7, 11) is 0. The van der Waals surface area contributed by atoms with Crippen LogP contribution in [0.25, 0.3) is 16.8 Å². The molecule has 0 radical (unpaired) electrons. The smallest absolute Gasteiger partial charge is 0.293 e. The predicted octanol–water partition coefficient (Wildman–Crippen LogP) is 5.91. The van der Waals surface area contributed by atoms with E-state index in [-0.39, 0.29) is 11.1 Å². The summed E-state index contributed by atoms with van der Waals surface area (Å²) in [5.74, 6) is 0.488. The molecule has 0 aromatic heterocycles. The van der Waals surface area contributed by atoms with Crippen molar-refractivity contribution in [3.8, 4) is 5.75 Å². The summed E-state index contributed by atoms with van der Waals surface area (Å²) in [6.45, 7) is 3.03. The Labute approximate surface area is 180 Å². The molecule has 2 amide bonds. The van der Waals surface area contributed by atoms with E-state index in [9.17, 15) is 9.59 Å². The second-order valence-electron chi connectivity index (χ2n) is 7.12. The fourth-order valence-corrected chi connectivity index (χ4v) is 4.32. The number of carbonyl (C=O) groups is 2. The van der Waals surface area contributed by atoms with Crippen molar-refractivity contribution in [3.63, 3.8) is 0 Å². The van der Waals surface area contributed by atoms with Gasteiger partial charge in [-0.3, -0.25) is 14.5 Å². The maximum absolute atomic E-state index is 13.0. The molecule has 0 spiro atoms. The Kier molecular flexibility index (Phi) is 6.19. The highest BCUT2D eigenvalue weighted by Crippen LogP contribution is 2.37. The zero-order valence-electron chi connectivity index (χ0n) is 16.8. The Hall–Kier alpha value is -3.05. The lowest BCUT2D eigenvalue weighted by atomic mass is 10.0. The highest BCUT2D eigenvalue weighted by Gasteiger charge is 2.35. The molecule has 0 aliphatic carbocycles. The van der Waals surface area contributed by atoms with Crippen molar-refractivity contribution in [1.82, 2.24) is 4.90 Å². The minimum Gasteiger partial charge on any atom is -0.493 e. The minimum atomic E-state index is -0.240. The van der Waals surface area contributed by atoms with Crippen LogP contribution in [0.15, 0.2) is 71.6 Å². The molecule has 4 nitrogen and oxygen atoms in total. The molecule has 0 bridgehead atoms. The predicted molar refractivity (Wildman–Crippen MR) is 123 cm³/mol. The highest BCUT2D eigenvalue weighted by atomic mass is 32.2. The van der Waals surface area contributed by atoms with Crippen LogP contribution in [0.3, 0.4) is 0 Å². The fourth-order valence-electron chi connectivity index (χ4n) is 3.47. The van der Waals surface area contributed by atoms with Crippen LogP contribution in [0, 0.1) is 0 Å². The molecule has 1 saturated heterocycles. The molecule has 1 fully saturated rings. The van der Waals surface area contributed by atoms with Gasteiger partial charge in [0.15, 0.2) is 0 Å². The van der Waals surface area contributed by atoms with Gasteiger partial charge in [0.1, 0.15) is 5.75 Å². The van der Waals surface area contributed by atoms with Gasteiger partial charge in [0.2, 0.25) is 0 Å². The third kappa shape index (κ3) is 4.26. The topological polar surface area (TPSA) is 46.6 Å². The zero-order chi connectivity index (χ0) is 20.9. The number of carbonyl (C=O) groups excluding carboxylic acids is 2. The number of amides is 2. The summed E-state index contributed by atoms with van der Waals surface area (Å²) < 4.78 is 5.94. The van der Waals surface area contributed by atoms with E-state index in [1.165, 1.54) is 4.90 Å². The van der Waals surface area contributed by atoms with E-state index in [0.29, 0.717) is 24.5 Å². The van der Waals surface area contributed by atoms with Crippen LogP contribution in [-0.4, -0.2) is 29.2 Å². The molecule has 1 aliphatic rings. The van der Waals surface area contributed by atoms with Crippen molar-refractivity contribution in [2.75, 3.05) is 13.2 Å². The maximum atomic E-state index is 13.0. The van der Waals surface area contributed by atoms with Crippen LogP contribution in [-0.2, 0) is 11.2 Å². The Morgan fingerprint density at radius 1 is 0.967 bits per heavy atom. The average Bonchev–Trinajstić information content (AvgIpc) is 3.04. The van der Waals surface area contributed by atoms with Gasteiger partial charge in [-0.1, -0.05) is 67.6 Å². The molecule has 3 aromatic carbocycles. The first-order valence-corrected chi connectivity index (χ1v) is 10.9. The Bertz CT molecular complexity index is 1110. The molecule has 0 saturated carbocycles. The van der Waals surface area contributed by atoms with Gasteiger partial charge in [-0.05, 0) is 53.1 Å². The summed E-state index contributed by atoms with van der Waals surface area (Å²) in [5, 5.41) is 1.84. The van der Waals surface area contributed by atoms with Crippen molar-refractivity contribution in [1.29, 1.82) is 0 Å². The van der Waals surface area contributed by atoms with Crippen molar-refractivity contribution in [3.05, 3.63) is 82.8 Å². The van der Waals surface area contributed by atoms with Crippen LogP contribution in [0.4, 0.5) is 4.79 Å². The molecular formula is C25H23NO3S. The molecule has 4 rings (SSSR count). The first kappa shape index (κ1) is 20.2. The summed E-state index contributed by atoms with van der Waals surface area (Å²) >= 11 is 0.996. The van der Waals surface area contributed by atoms with E-state index < -0.39 is 0 Å². The monoisotopic (exact) mass is 417 g/mol. The standard InChI is InChI=1S/C25H23NO3S/c1-2-16-29-22-13-12-19-10-6-7-11-20(19)21(22)17-23-24(27)26(25(28)30-23)15-14-18-8-4-3-5-9-18/h3-13,17H,2,14-16H2,1H3/b23-17-. The SMILES string of the molecule is CCCOc1ccc2ccccc2c1/C=C1\SC(=O)N(CCc2ccccc2)C1=O. The summed E-state index contributed by atoms with van der Waals surface area (Å²) in [5.41, 5.74) is 1.94. The molecule has 5 heteroatoms. The van der Waals surface area contributed by atoms with Gasteiger partial charge in [0.05, 0.1) is 11.5 Å². The van der Waals surface area contributed by atoms with Crippen LogP contribution < -0.4 is 4.74 Å². The van der Waals surface area contributed by atoms with Gasteiger partial charge >= 0.3 is 0 Å². The molecule has 30 heavy (non-hydrogen) atoms. The summed E-state index contributed by atoms with van der Waals surface area (Å²) in [6.07, 6.45) is 3.34. The van der Waals surface area contributed by atoms with Crippen molar-refractivity contribution in [2.45, 2.75) is 19.8 Å². The number of nitrogens with zero attached hydrogens (tertiary/aromatic N) is 1. The lowest BCUT2D eigenvalue weighted by molar-refractivity contribution is -0.122. The van der Waals surface area contributed by atoms with Crippen LogP contribution in [0.2, 0.25) is 0 Å². The van der Waals surface area contributed by atoms with Gasteiger partial charge in [-0.25, -0.2) is 0 Å². The molecule has 0 N–H and O–H groups in total. The Morgan fingerprint density at radius 3 is 2.53 bits per heavy atom. The molecule has 152 valence electrons. The number of fused-ring (bicyclic) bond motifs is 1. The number of ether oxygens (including phenoxy) is 1. The third-order valence-corrected chi connectivity index (χ3v) is 5.92. The lowest BCUT2D eigenvalue weighted by Gasteiger charge is -2.13. The summed E-state index contributed by atoms with van der Waals surface area (Å²) in [6, 6.07) is 21.8. The van der Waals surface area contributed by atoms with E-state index in [4.69, 9.17) is 4.74 Å². The lowest BCUT2D eigenvalue weighted by Crippen LogP contribution is -2.30. The summed E-state index contributed by atoms with van der Waals surface area (Å²) in [4.78, 5) is 27.3. The highest BCUT2D eigenvalue weighted by molar-refractivity contribution is 8.18. The number of thioether (sulfide) groups is 1. The van der Waals surface area contributed by atoms with Gasteiger partial charge in [-0.15, -0.1) is 0 Å². The molecule has 3 aromatic rings. The quantitative estimate of drug-likeness (QED) is 0.449. The van der Waals surface area contributed by atoms with Crippen molar-refractivity contribution in [2.24, 2.45) is 0 Å². The van der Waals surface area contributed by atoms with Crippen molar-refractivity contribution < 1.29 is 14.3 Å². The van der Waals surface area contributed by atoms with Gasteiger partial charge < -0.3 is 4.74 Å². The third-order valence-electron chi connectivity index (χ3n) is 5.01. The number of hydrogen-bond donors (Lipinski definition) is 0. The second-order valence-corrected chi connectivity index (χ2v) is 8.11. The molecular weight excluding hydrogens is 394 g/mol. The number of benzene rings is 3. The Morgan fingerprint density at radius 2 is 1.73 bits per heavy atom. The van der Waals surface area contributed by atoms with E-state index in [1.807, 2.05) is 66.7 Å². The second kappa shape index (κ2) is 9.18. The van der Waals surface area contributed by atoms with Crippen LogP contribution >= 0.6 is 11.8 Å². The minimum absolute atomic E-state index is 0.224. The zero-order valence-corrected chi connectivity index (χ0v) is 17.7. The molecule has 1 heterocycles. The molecule has 0 unspecified atom stereocenters. The van der Waals surface area contributed by atoms with Crippen LogP contribution in [0.5, 0.6) is 5.75 Å².